The van der Waals surface area contributed by atoms with Crippen LogP contribution in [0.25, 0.3) is 16.7 Å². The van der Waals surface area contributed by atoms with Crippen molar-refractivity contribution < 1.29 is 4.79 Å². The lowest BCUT2D eigenvalue weighted by Gasteiger charge is -2.29. The molecule has 0 aromatic heterocycles. The Morgan fingerprint density at radius 3 is 2.37 bits per heavy atom. The van der Waals surface area contributed by atoms with E-state index in [0.717, 1.165) is 48.3 Å². The summed E-state index contributed by atoms with van der Waals surface area (Å²) in [6.45, 7) is 7.23. The Balaban J connectivity index is 1.25. The fourth-order valence-corrected chi connectivity index (χ4v) is 4.59. The lowest BCUT2D eigenvalue weighted by atomic mass is 9.97. The molecule has 1 heterocycles. The number of fused-ring (bicyclic) bond motifs is 1. The van der Waals surface area contributed by atoms with Crippen LogP contribution in [0.4, 0.5) is 11.4 Å². The quantitative estimate of drug-likeness (QED) is 0.335. The number of hydrogen-bond donors (Lipinski definition) is 2. The Bertz CT molecular complexity index is 1370. The first kappa shape index (κ1) is 22.6. The lowest BCUT2D eigenvalue weighted by molar-refractivity contribution is 0.102. The molecule has 0 saturated carbocycles. The van der Waals surface area contributed by atoms with Crippen molar-refractivity contribution in [3.63, 3.8) is 0 Å². The van der Waals surface area contributed by atoms with Crippen molar-refractivity contribution in [2.75, 3.05) is 24.1 Å². The Morgan fingerprint density at radius 1 is 0.829 bits per heavy atom. The second kappa shape index (κ2) is 10.00. The highest BCUT2D eigenvalue weighted by molar-refractivity contribution is 6.06. The Kier molecular flexibility index (Phi) is 6.47. The van der Waals surface area contributed by atoms with Gasteiger partial charge in [-0.2, -0.15) is 0 Å². The fraction of sp³-hybridized carbons (Fsp3) is 0.129. The average molecular weight is 460 g/mol. The second-order valence-corrected chi connectivity index (χ2v) is 9.03. The van der Waals surface area contributed by atoms with Crippen LogP contribution in [0.15, 0.2) is 104 Å². The van der Waals surface area contributed by atoms with E-state index in [4.69, 9.17) is 5.73 Å². The molecule has 4 aromatic rings. The van der Waals surface area contributed by atoms with Gasteiger partial charge < -0.3 is 11.1 Å². The number of para-hydroxylation sites is 2. The number of nitrogen functional groups attached to an aromatic ring is 1. The third-order valence-electron chi connectivity index (χ3n) is 6.58. The molecule has 4 nitrogen and oxygen atoms in total. The predicted octanol–water partition coefficient (Wildman–Crippen LogP) is 6.26. The van der Waals surface area contributed by atoms with Gasteiger partial charge in [0, 0.05) is 25.2 Å². The van der Waals surface area contributed by atoms with Gasteiger partial charge in [-0.3, -0.25) is 9.69 Å². The topological polar surface area (TPSA) is 58.4 Å². The molecule has 0 aliphatic carbocycles. The van der Waals surface area contributed by atoms with Gasteiger partial charge in [0.25, 0.3) is 5.91 Å². The summed E-state index contributed by atoms with van der Waals surface area (Å²) in [6.07, 6.45) is 1.09. The number of nitrogens with zero attached hydrogens (tertiary/aromatic N) is 1. The van der Waals surface area contributed by atoms with E-state index in [1.165, 1.54) is 11.1 Å². The van der Waals surface area contributed by atoms with Gasteiger partial charge in [-0.15, -0.1) is 0 Å². The number of carbonyl (C=O) groups is 1. The molecule has 4 heteroatoms. The Morgan fingerprint density at radius 2 is 1.57 bits per heavy atom. The lowest BCUT2D eigenvalue weighted by Crippen LogP contribution is -2.31. The molecule has 0 radical (unpaired) electrons. The van der Waals surface area contributed by atoms with Crippen LogP contribution in [-0.2, 0) is 13.0 Å². The van der Waals surface area contributed by atoms with Gasteiger partial charge in [-0.1, -0.05) is 79.4 Å². The molecular formula is C31H29N3O. The standard InChI is InChI=1S/C31H29N3O/c1-22(20-34-18-17-24-7-2-3-8-28(24)21-34)23-13-15-25(16-14-23)26-9-6-10-27(19-26)31(35)33-30-12-5-4-11-29(30)32/h2-16,19H,1,17-18,20-21,32H2,(H,33,35). The van der Waals surface area contributed by atoms with Gasteiger partial charge in [0.15, 0.2) is 0 Å². The molecule has 0 spiro atoms. The molecule has 3 N–H and O–H groups in total. The summed E-state index contributed by atoms with van der Waals surface area (Å²) < 4.78 is 0. The average Bonchev–Trinajstić information content (AvgIpc) is 2.90. The first-order valence-electron chi connectivity index (χ1n) is 11.9. The molecule has 0 fully saturated rings. The molecule has 1 aliphatic heterocycles. The molecule has 5 rings (SSSR count). The summed E-state index contributed by atoms with van der Waals surface area (Å²) >= 11 is 0. The Hall–Kier alpha value is -4.15. The van der Waals surface area contributed by atoms with Crippen molar-refractivity contribution in [2.45, 2.75) is 13.0 Å². The molecule has 4 aromatic carbocycles. The molecule has 35 heavy (non-hydrogen) atoms. The second-order valence-electron chi connectivity index (χ2n) is 9.03. The van der Waals surface area contributed by atoms with E-state index in [0.29, 0.717) is 16.9 Å². The van der Waals surface area contributed by atoms with Crippen LogP contribution >= 0.6 is 0 Å². The predicted molar refractivity (Wildman–Crippen MR) is 145 cm³/mol. The van der Waals surface area contributed by atoms with Crippen LogP contribution in [0.5, 0.6) is 0 Å². The first-order chi connectivity index (χ1) is 17.1. The maximum atomic E-state index is 12.8. The fourth-order valence-electron chi connectivity index (χ4n) is 4.59. The largest absolute Gasteiger partial charge is 0.397 e. The number of anilines is 2. The number of nitrogens with one attached hydrogen (secondary N) is 1. The normalized spacial score (nSPS) is 13.1. The van der Waals surface area contributed by atoms with Crippen LogP contribution in [0, 0.1) is 0 Å². The minimum absolute atomic E-state index is 0.183. The van der Waals surface area contributed by atoms with Crippen LogP contribution in [-0.4, -0.2) is 23.9 Å². The zero-order valence-corrected chi connectivity index (χ0v) is 19.7. The van der Waals surface area contributed by atoms with E-state index < -0.39 is 0 Å². The molecule has 0 atom stereocenters. The van der Waals surface area contributed by atoms with Gasteiger partial charge in [-0.05, 0) is 64.1 Å². The Labute approximate surface area is 206 Å². The maximum absolute atomic E-state index is 12.8. The SMILES string of the molecule is C=C(CN1CCc2ccccc2C1)c1ccc(-c2cccc(C(=O)Nc3ccccc3N)c2)cc1. The van der Waals surface area contributed by atoms with E-state index in [1.807, 2.05) is 36.4 Å². The van der Waals surface area contributed by atoms with E-state index in [9.17, 15) is 4.79 Å². The van der Waals surface area contributed by atoms with E-state index in [1.54, 1.807) is 12.1 Å². The summed E-state index contributed by atoms with van der Waals surface area (Å²) in [7, 11) is 0. The van der Waals surface area contributed by atoms with E-state index >= 15 is 0 Å². The highest BCUT2D eigenvalue weighted by Gasteiger charge is 2.16. The summed E-state index contributed by atoms with van der Waals surface area (Å²) in [5, 5.41) is 2.89. The van der Waals surface area contributed by atoms with Crippen molar-refractivity contribution in [3.8, 4) is 11.1 Å². The minimum Gasteiger partial charge on any atom is -0.397 e. The van der Waals surface area contributed by atoms with Gasteiger partial charge >= 0.3 is 0 Å². The molecular weight excluding hydrogens is 430 g/mol. The first-order valence-corrected chi connectivity index (χ1v) is 11.9. The van der Waals surface area contributed by atoms with Gasteiger partial charge in [0.1, 0.15) is 0 Å². The molecule has 1 aliphatic rings. The molecule has 0 bridgehead atoms. The smallest absolute Gasteiger partial charge is 0.255 e. The minimum atomic E-state index is -0.183. The van der Waals surface area contributed by atoms with Crippen LogP contribution in [0.3, 0.4) is 0 Å². The van der Waals surface area contributed by atoms with Crippen molar-refractivity contribution in [2.24, 2.45) is 0 Å². The number of benzene rings is 4. The van der Waals surface area contributed by atoms with Crippen molar-refractivity contribution in [1.82, 2.24) is 4.90 Å². The van der Waals surface area contributed by atoms with Crippen molar-refractivity contribution in [1.29, 1.82) is 0 Å². The summed E-state index contributed by atoms with van der Waals surface area (Å²) in [4.78, 5) is 15.2. The van der Waals surface area contributed by atoms with Crippen LogP contribution in [0.2, 0.25) is 0 Å². The van der Waals surface area contributed by atoms with Crippen molar-refractivity contribution in [3.05, 3.63) is 126 Å². The maximum Gasteiger partial charge on any atom is 0.255 e. The van der Waals surface area contributed by atoms with E-state index in [2.05, 4.69) is 65.3 Å². The molecule has 0 unspecified atom stereocenters. The summed E-state index contributed by atoms with van der Waals surface area (Å²) in [5.41, 5.74) is 14.9. The third-order valence-corrected chi connectivity index (χ3v) is 6.58. The van der Waals surface area contributed by atoms with Crippen LogP contribution in [0.1, 0.15) is 27.0 Å². The summed E-state index contributed by atoms with van der Waals surface area (Å²) in [6, 6.07) is 32.0. The molecule has 0 saturated heterocycles. The number of carbonyl (C=O) groups excluding carboxylic acids is 1. The third kappa shape index (κ3) is 5.18. The van der Waals surface area contributed by atoms with Gasteiger partial charge in [0.2, 0.25) is 0 Å². The van der Waals surface area contributed by atoms with E-state index in [-0.39, 0.29) is 5.91 Å². The van der Waals surface area contributed by atoms with Crippen molar-refractivity contribution >= 4 is 22.9 Å². The highest BCUT2D eigenvalue weighted by atomic mass is 16.1. The number of rotatable bonds is 6. The summed E-state index contributed by atoms with van der Waals surface area (Å²) in [5.74, 6) is -0.183. The molecule has 174 valence electrons. The monoisotopic (exact) mass is 459 g/mol. The number of nitrogens with two attached hydrogens (primary N) is 1. The zero-order valence-electron chi connectivity index (χ0n) is 19.7. The number of hydrogen-bond acceptors (Lipinski definition) is 3. The number of amides is 1. The van der Waals surface area contributed by atoms with Gasteiger partial charge in [0.05, 0.1) is 11.4 Å². The van der Waals surface area contributed by atoms with Crippen LogP contribution < -0.4 is 11.1 Å². The highest BCUT2D eigenvalue weighted by Crippen LogP contribution is 2.26. The zero-order chi connectivity index (χ0) is 24.2. The molecule has 1 amide bonds. The van der Waals surface area contributed by atoms with Gasteiger partial charge in [-0.25, -0.2) is 0 Å².